The Kier molecular flexibility index (Phi) is 4.40. The number of rotatable bonds is 4. The molecule has 124 valence electrons. The highest BCUT2D eigenvalue weighted by atomic mass is 32.1. The van der Waals surface area contributed by atoms with Gasteiger partial charge in [-0.25, -0.2) is 0 Å². The Morgan fingerprint density at radius 1 is 1.29 bits per heavy atom. The number of hydrogen-bond donors (Lipinski definition) is 3. The number of primary amides is 1. The van der Waals surface area contributed by atoms with Crippen molar-refractivity contribution >= 4 is 34.0 Å². The summed E-state index contributed by atoms with van der Waals surface area (Å²) >= 11 is 5.23. The summed E-state index contributed by atoms with van der Waals surface area (Å²) in [5.41, 5.74) is 7.05. The molecule has 0 bridgehead atoms. The zero-order valence-electron chi connectivity index (χ0n) is 13.3. The average molecular weight is 341 g/mol. The molecule has 2 unspecified atom stereocenters. The van der Waals surface area contributed by atoms with E-state index in [1.54, 1.807) is 0 Å². The summed E-state index contributed by atoms with van der Waals surface area (Å²) in [5, 5.41) is 8.45. The van der Waals surface area contributed by atoms with E-state index in [2.05, 4.69) is 17.2 Å². The summed E-state index contributed by atoms with van der Waals surface area (Å²) in [6, 6.07) is 11.4. The van der Waals surface area contributed by atoms with Gasteiger partial charge in [-0.05, 0) is 36.2 Å². The van der Waals surface area contributed by atoms with Gasteiger partial charge in [-0.15, -0.1) is 0 Å². The van der Waals surface area contributed by atoms with E-state index in [4.69, 9.17) is 22.7 Å². The average Bonchev–Trinajstić information content (AvgIpc) is 2.54. The third-order valence-corrected chi connectivity index (χ3v) is 4.35. The Bertz CT molecular complexity index is 834. The molecule has 24 heavy (non-hydrogen) atoms. The van der Waals surface area contributed by atoms with Crippen LogP contribution in [0.25, 0.3) is 10.8 Å². The molecule has 1 saturated heterocycles. The molecule has 5 nitrogen and oxygen atoms in total. The van der Waals surface area contributed by atoms with Gasteiger partial charge in [0.2, 0.25) is 5.91 Å². The highest BCUT2D eigenvalue weighted by molar-refractivity contribution is 7.80. The van der Waals surface area contributed by atoms with Gasteiger partial charge in [-0.2, -0.15) is 0 Å². The third-order valence-electron chi connectivity index (χ3n) is 4.13. The summed E-state index contributed by atoms with van der Waals surface area (Å²) in [6.07, 6.45) is 0. The van der Waals surface area contributed by atoms with Crippen molar-refractivity contribution in [3.05, 3.63) is 54.2 Å². The Hall–Kier alpha value is -2.60. The maximum atomic E-state index is 12.0. The van der Waals surface area contributed by atoms with Crippen LogP contribution in [0.4, 0.5) is 0 Å². The summed E-state index contributed by atoms with van der Waals surface area (Å²) < 4.78 is 5.71. The van der Waals surface area contributed by atoms with Gasteiger partial charge in [-0.1, -0.05) is 36.9 Å². The molecule has 0 aromatic heterocycles. The van der Waals surface area contributed by atoms with E-state index in [0.717, 1.165) is 22.1 Å². The van der Waals surface area contributed by atoms with Crippen molar-refractivity contribution in [3.63, 3.8) is 0 Å². The fourth-order valence-electron chi connectivity index (χ4n) is 3.13. The van der Waals surface area contributed by atoms with E-state index in [9.17, 15) is 4.79 Å². The van der Waals surface area contributed by atoms with Gasteiger partial charge in [0.1, 0.15) is 11.7 Å². The second kappa shape index (κ2) is 6.49. The van der Waals surface area contributed by atoms with Crippen LogP contribution in [0.5, 0.6) is 5.75 Å². The van der Waals surface area contributed by atoms with Crippen LogP contribution in [0.3, 0.4) is 0 Å². The van der Waals surface area contributed by atoms with Crippen molar-refractivity contribution in [3.8, 4) is 5.75 Å². The quantitative estimate of drug-likeness (QED) is 0.745. The van der Waals surface area contributed by atoms with E-state index < -0.39 is 11.8 Å². The van der Waals surface area contributed by atoms with Crippen LogP contribution in [0.1, 0.15) is 18.5 Å². The first-order chi connectivity index (χ1) is 11.5. The molecule has 0 spiro atoms. The molecule has 2 atom stereocenters. The predicted octanol–water partition coefficient (Wildman–Crippen LogP) is 2.37. The molecule has 1 aliphatic rings. The largest absolute Gasteiger partial charge is 0.493 e. The van der Waals surface area contributed by atoms with Crippen LogP contribution >= 0.6 is 12.2 Å². The van der Waals surface area contributed by atoms with E-state index in [1.807, 2.05) is 43.3 Å². The molecular formula is C18H19N3O2S. The molecule has 0 saturated carbocycles. The van der Waals surface area contributed by atoms with Crippen molar-refractivity contribution in [1.82, 2.24) is 10.6 Å². The van der Waals surface area contributed by atoms with Crippen molar-refractivity contribution in [2.75, 3.05) is 6.61 Å². The van der Waals surface area contributed by atoms with Gasteiger partial charge >= 0.3 is 0 Å². The Morgan fingerprint density at radius 2 is 2.00 bits per heavy atom. The second-order valence-electron chi connectivity index (χ2n) is 5.61. The maximum absolute atomic E-state index is 12.0. The molecule has 0 aliphatic carbocycles. The molecular weight excluding hydrogens is 322 g/mol. The number of carbonyl (C=O) groups is 1. The molecule has 2 aromatic carbocycles. The standard InChI is InChI=1S/C18H19N3O2S/c1-3-23-14-9-8-13(11-6-4-5-7-12(11)14)16-15(17(19)22)10(2)20-18(24)21-16/h4-9,15-16H,2-3H2,1H3,(H2,19,22)(H2,20,21,24). The van der Waals surface area contributed by atoms with Crippen LogP contribution in [-0.4, -0.2) is 17.6 Å². The fourth-order valence-corrected chi connectivity index (χ4v) is 3.38. The van der Waals surface area contributed by atoms with Crippen LogP contribution in [-0.2, 0) is 4.79 Å². The van der Waals surface area contributed by atoms with Gasteiger partial charge in [-0.3, -0.25) is 4.79 Å². The molecule has 1 amide bonds. The molecule has 6 heteroatoms. The van der Waals surface area contributed by atoms with E-state index >= 15 is 0 Å². The van der Waals surface area contributed by atoms with Crippen LogP contribution in [0.2, 0.25) is 0 Å². The van der Waals surface area contributed by atoms with Crippen molar-refractivity contribution in [1.29, 1.82) is 0 Å². The highest BCUT2D eigenvalue weighted by Gasteiger charge is 2.36. The van der Waals surface area contributed by atoms with Gasteiger partial charge in [0.15, 0.2) is 5.11 Å². The van der Waals surface area contributed by atoms with E-state index in [0.29, 0.717) is 17.4 Å². The lowest BCUT2D eigenvalue weighted by atomic mass is 9.86. The lowest BCUT2D eigenvalue weighted by molar-refractivity contribution is -0.121. The third kappa shape index (κ3) is 2.80. The normalized spacial score (nSPS) is 20.4. The fraction of sp³-hybridized carbons (Fsp3) is 0.222. The molecule has 1 fully saturated rings. The number of nitrogens with two attached hydrogens (primary N) is 1. The Balaban J connectivity index is 2.17. The number of fused-ring (bicyclic) bond motifs is 1. The molecule has 4 N–H and O–H groups in total. The van der Waals surface area contributed by atoms with Gasteiger partial charge in [0.25, 0.3) is 0 Å². The predicted molar refractivity (Wildman–Crippen MR) is 98.6 cm³/mol. The topological polar surface area (TPSA) is 76.4 Å². The van der Waals surface area contributed by atoms with Crippen LogP contribution in [0.15, 0.2) is 48.7 Å². The summed E-state index contributed by atoms with van der Waals surface area (Å²) in [4.78, 5) is 12.0. The first-order valence-corrected chi connectivity index (χ1v) is 8.13. The Morgan fingerprint density at radius 3 is 2.67 bits per heavy atom. The number of hydrogen-bond acceptors (Lipinski definition) is 3. The number of carbonyl (C=O) groups excluding carboxylic acids is 1. The van der Waals surface area contributed by atoms with Gasteiger partial charge in [0, 0.05) is 11.1 Å². The van der Waals surface area contributed by atoms with E-state index in [1.165, 1.54) is 0 Å². The number of nitrogens with one attached hydrogen (secondary N) is 2. The van der Waals surface area contributed by atoms with Crippen molar-refractivity contribution in [2.24, 2.45) is 11.7 Å². The summed E-state index contributed by atoms with van der Waals surface area (Å²) in [5.74, 6) is -0.244. The number of amides is 1. The number of thiocarbonyl (C=S) groups is 1. The zero-order chi connectivity index (χ0) is 17.3. The number of benzene rings is 2. The minimum atomic E-state index is -0.599. The molecule has 3 rings (SSSR count). The van der Waals surface area contributed by atoms with Crippen molar-refractivity contribution < 1.29 is 9.53 Å². The SMILES string of the molecule is C=C1NC(=S)NC(c2ccc(OCC)c3ccccc23)C1C(N)=O. The van der Waals surface area contributed by atoms with Gasteiger partial charge in [0.05, 0.1) is 12.6 Å². The minimum Gasteiger partial charge on any atom is -0.493 e. The number of ether oxygens (including phenoxy) is 1. The second-order valence-corrected chi connectivity index (χ2v) is 6.02. The molecule has 2 aromatic rings. The summed E-state index contributed by atoms with van der Waals surface area (Å²) in [7, 11) is 0. The first-order valence-electron chi connectivity index (χ1n) is 7.73. The van der Waals surface area contributed by atoms with E-state index in [-0.39, 0.29) is 6.04 Å². The van der Waals surface area contributed by atoms with Crippen LogP contribution in [0, 0.1) is 5.92 Å². The van der Waals surface area contributed by atoms with Crippen LogP contribution < -0.4 is 21.1 Å². The maximum Gasteiger partial charge on any atom is 0.228 e. The smallest absolute Gasteiger partial charge is 0.228 e. The zero-order valence-corrected chi connectivity index (χ0v) is 14.2. The molecule has 1 aliphatic heterocycles. The monoisotopic (exact) mass is 341 g/mol. The summed E-state index contributed by atoms with van der Waals surface area (Å²) in [6.45, 7) is 6.44. The first kappa shape index (κ1) is 16.3. The van der Waals surface area contributed by atoms with Gasteiger partial charge < -0.3 is 21.1 Å². The minimum absolute atomic E-state index is 0.371. The lowest BCUT2D eigenvalue weighted by Gasteiger charge is -2.35. The van der Waals surface area contributed by atoms with Crippen molar-refractivity contribution in [2.45, 2.75) is 13.0 Å². The lowest BCUT2D eigenvalue weighted by Crippen LogP contribution is -2.52. The highest BCUT2D eigenvalue weighted by Crippen LogP contribution is 2.36. The Labute approximate surface area is 145 Å². The molecule has 1 heterocycles. The molecule has 0 radical (unpaired) electrons.